The molecule has 7 nitrogen and oxygen atoms in total. The Morgan fingerprint density at radius 2 is 1.52 bits per heavy atom. The number of allylic oxidation sites excluding steroid dienone is 7. The van der Waals surface area contributed by atoms with Crippen LogP contribution in [0.1, 0.15) is 102 Å². The van der Waals surface area contributed by atoms with Gasteiger partial charge >= 0.3 is 11.9 Å². The molecule has 0 amide bonds. The number of esters is 1. The average molecular weight is 852 g/mol. The lowest BCUT2D eigenvalue weighted by Crippen LogP contribution is -2.27. The van der Waals surface area contributed by atoms with E-state index in [2.05, 4.69) is 146 Å². The fourth-order valence-electron chi connectivity index (χ4n) is 9.17. The molecule has 2 heterocycles. The van der Waals surface area contributed by atoms with Crippen LogP contribution in [0.25, 0.3) is 0 Å². The zero-order valence-electron chi connectivity index (χ0n) is 36.1. The molecule has 0 saturated carbocycles. The second-order valence-corrected chi connectivity index (χ2v) is 18.0. The number of rotatable bonds is 19. The molecule has 0 radical (unpaired) electrons. The molecule has 0 spiro atoms. The number of halogens is 2. The molecule has 318 valence electrons. The topological polar surface area (TPSA) is 73.1 Å². The van der Waals surface area contributed by atoms with Gasteiger partial charge in [0.05, 0.1) is 5.41 Å². The summed E-state index contributed by atoms with van der Waals surface area (Å²) in [5.74, 6) is 0.774. The number of fused-ring (bicyclic) bond motifs is 2. The number of hydrogen-bond acceptors (Lipinski definition) is 5. The number of hydrogen-bond donors (Lipinski definition) is 1. The molecule has 6 rings (SSSR count). The van der Waals surface area contributed by atoms with Crippen molar-refractivity contribution in [3.8, 4) is 0 Å². The highest BCUT2D eigenvalue weighted by molar-refractivity contribution is 6.18. The van der Waals surface area contributed by atoms with Gasteiger partial charge in [0.15, 0.2) is 5.71 Å². The minimum atomic E-state index is -0.747. The van der Waals surface area contributed by atoms with Gasteiger partial charge in [-0.25, -0.2) is 0 Å². The number of aryl methyl sites for hydroxylation is 1. The fraction of sp³-hybridized carbons (Fsp3) is 0.431. The van der Waals surface area contributed by atoms with Crippen LogP contribution in [0.4, 0.5) is 17.1 Å². The Kier molecular flexibility index (Phi) is 15.2. The van der Waals surface area contributed by atoms with Crippen LogP contribution in [0, 0.1) is 0 Å². The number of carbonyl (C=O) groups is 2. The molecular formula is C51H62Cl2N3O4+. The summed E-state index contributed by atoms with van der Waals surface area (Å²) in [5, 5.41) is 9.18. The first-order valence-electron chi connectivity index (χ1n) is 21.7. The van der Waals surface area contributed by atoms with Crippen molar-refractivity contribution in [1.29, 1.82) is 0 Å². The molecule has 0 aromatic heterocycles. The maximum Gasteiger partial charge on any atom is 0.311 e. The lowest BCUT2D eigenvalue weighted by molar-refractivity contribution is -0.401. The zero-order valence-corrected chi connectivity index (χ0v) is 37.6. The number of ether oxygens (including phenoxy) is 1. The Bertz CT molecular complexity index is 2170. The third-order valence-electron chi connectivity index (χ3n) is 12.4. The van der Waals surface area contributed by atoms with Gasteiger partial charge < -0.3 is 19.6 Å². The number of carbonyl (C=O) groups excluding carboxylic acids is 1. The first-order valence-corrected chi connectivity index (χ1v) is 22.7. The Hall–Kier alpha value is -4.59. The molecule has 3 aliphatic rings. The first-order chi connectivity index (χ1) is 28.9. The summed E-state index contributed by atoms with van der Waals surface area (Å²) in [4.78, 5) is 29.6. The third kappa shape index (κ3) is 10.3. The van der Waals surface area contributed by atoms with E-state index in [0.29, 0.717) is 36.8 Å². The summed E-state index contributed by atoms with van der Waals surface area (Å²) in [6.45, 7) is 11.3. The van der Waals surface area contributed by atoms with Crippen LogP contribution in [0.5, 0.6) is 0 Å². The van der Waals surface area contributed by atoms with Crippen molar-refractivity contribution in [1.82, 2.24) is 0 Å². The second kappa shape index (κ2) is 20.3. The average Bonchev–Trinajstić information content (AvgIpc) is 3.56. The van der Waals surface area contributed by atoms with E-state index < -0.39 is 5.97 Å². The van der Waals surface area contributed by atoms with E-state index in [1.54, 1.807) is 0 Å². The van der Waals surface area contributed by atoms with Crippen molar-refractivity contribution < 1.29 is 24.0 Å². The molecule has 3 aromatic rings. The van der Waals surface area contributed by atoms with Crippen LogP contribution in [-0.2, 0) is 31.6 Å². The fourth-order valence-corrected chi connectivity index (χ4v) is 9.57. The molecule has 0 atom stereocenters. The van der Waals surface area contributed by atoms with E-state index in [9.17, 15) is 14.7 Å². The normalized spacial score (nSPS) is 18.1. The van der Waals surface area contributed by atoms with Gasteiger partial charge in [0.1, 0.15) is 12.8 Å². The van der Waals surface area contributed by atoms with Gasteiger partial charge in [-0.15, -0.1) is 23.2 Å². The van der Waals surface area contributed by atoms with Gasteiger partial charge in [-0.1, -0.05) is 74.9 Å². The van der Waals surface area contributed by atoms with Crippen LogP contribution < -0.4 is 9.80 Å². The summed E-state index contributed by atoms with van der Waals surface area (Å²) in [6.07, 6.45) is 15.7. The third-order valence-corrected chi connectivity index (χ3v) is 12.8. The zero-order chi connectivity index (χ0) is 42.9. The van der Waals surface area contributed by atoms with E-state index >= 15 is 0 Å². The van der Waals surface area contributed by atoms with Crippen LogP contribution in [-0.4, -0.2) is 65.8 Å². The molecule has 1 N–H and O–H groups in total. The minimum absolute atomic E-state index is 0.179. The van der Waals surface area contributed by atoms with E-state index in [4.69, 9.17) is 27.9 Å². The Labute approximate surface area is 367 Å². The van der Waals surface area contributed by atoms with Crippen LogP contribution in [0.2, 0.25) is 0 Å². The van der Waals surface area contributed by atoms with Crippen molar-refractivity contribution >= 4 is 57.9 Å². The number of anilines is 2. The predicted octanol–water partition coefficient (Wildman–Crippen LogP) is 11.8. The number of carboxylic acid groups (broad SMARTS) is 1. The van der Waals surface area contributed by atoms with Crippen molar-refractivity contribution in [3.05, 3.63) is 136 Å². The maximum absolute atomic E-state index is 13.8. The van der Waals surface area contributed by atoms with Crippen molar-refractivity contribution in [3.63, 3.8) is 0 Å². The smallest absolute Gasteiger partial charge is 0.311 e. The molecule has 1 aliphatic carbocycles. The van der Waals surface area contributed by atoms with Gasteiger partial charge in [-0.2, -0.15) is 4.58 Å². The molecule has 0 unspecified atom stereocenters. The van der Waals surface area contributed by atoms with Crippen LogP contribution in [0.15, 0.2) is 120 Å². The molecule has 60 heavy (non-hydrogen) atoms. The highest BCUT2D eigenvalue weighted by Crippen LogP contribution is 2.48. The second-order valence-electron chi connectivity index (χ2n) is 17.2. The van der Waals surface area contributed by atoms with Crippen molar-refractivity contribution in [2.45, 2.75) is 103 Å². The molecule has 0 fully saturated rings. The quantitative estimate of drug-likeness (QED) is 0.0560. The van der Waals surface area contributed by atoms with Crippen molar-refractivity contribution in [2.24, 2.45) is 0 Å². The Balaban J connectivity index is 1.27. The van der Waals surface area contributed by atoms with Gasteiger partial charge in [-0.05, 0) is 111 Å². The molecule has 2 aliphatic heterocycles. The number of unbranched alkanes of at least 4 members (excludes halogenated alkanes) is 2. The molecule has 9 heteroatoms. The van der Waals surface area contributed by atoms with Gasteiger partial charge in [-0.3, -0.25) is 9.59 Å². The summed E-state index contributed by atoms with van der Waals surface area (Å²) in [6, 6.07) is 25.6. The molecule has 0 bridgehead atoms. The number of para-hydroxylation sites is 2. The summed E-state index contributed by atoms with van der Waals surface area (Å²) in [5.41, 5.74) is 11.3. The number of carboxylic acids is 1. The predicted molar refractivity (Wildman–Crippen MR) is 249 cm³/mol. The van der Waals surface area contributed by atoms with Gasteiger partial charge in [0.25, 0.3) is 0 Å². The summed E-state index contributed by atoms with van der Waals surface area (Å²) >= 11 is 12.1. The monoisotopic (exact) mass is 850 g/mol. The lowest BCUT2D eigenvalue weighted by atomic mass is 9.81. The highest BCUT2D eigenvalue weighted by atomic mass is 35.5. The van der Waals surface area contributed by atoms with E-state index in [-0.39, 0.29) is 23.2 Å². The summed E-state index contributed by atoms with van der Waals surface area (Å²) < 4.78 is 8.73. The van der Waals surface area contributed by atoms with E-state index in [1.807, 2.05) is 0 Å². The summed E-state index contributed by atoms with van der Waals surface area (Å²) in [7, 11) is 2.13. The van der Waals surface area contributed by atoms with Crippen molar-refractivity contribution in [2.75, 3.05) is 48.2 Å². The minimum Gasteiger partial charge on any atom is -0.481 e. The number of alkyl halides is 2. The molecule has 3 aromatic carbocycles. The largest absolute Gasteiger partial charge is 0.481 e. The van der Waals surface area contributed by atoms with Gasteiger partial charge in [0.2, 0.25) is 5.69 Å². The van der Waals surface area contributed by atoms with Gasteiger partial charge in [0, 0.05) is 84.4 Å². The van der Waals surface area contributed by atoms with E-state index in [1.165, 1.54) is 39.5 Å². The highest BCUT2D eigenvalue weighted by Gasteiger charge is 2.43. The molecule has 0 saturated heterocycles. The van der Waals surface area contributed by atoms with Crippen LogP contribution in [0.3, 0.4) is 0 Å². The molecular weight excluding hydrogens is 789 g/mol. The first kappa shape index (κ1) is 44.9. The number of benzene rings is 3. The van der Waals surface area contributed by atoms with E-state index in [0.717, 1.165) is 75.0 Å². The maximum atomic E-state index is 13.8. The number of nitrogens with zero attached hydrogens (tertiary/aromatic N) is 3. The Morgan fingerprint density at radius 3 is 2.22 bits per heavy atom. The number of aliphatic carboxylic acids is 1. The standard InChI is InChI=1S/C51H61Cl2N3O4/c1-50(2)41-18-8-10-20-43(41)54(5)45(50)30-26-38-16-14-17-39(49(38)60-48(59)23-13-15-37-24-28-40(29-25-37)55(35-32-52)36-33-53)27-31-46-51(3,4)42-19-9-11-21-44(42)56(46)34-12-6-7-22-47(57)58/h8-11,18-21,24-31H,6-7,12-17,22-23,32-36H2,1-5H3/p+1. The lowest BCUT2D eigenvalue weighted by Gasteiger charge is -2.27. The van der Waals surface area contributed by atoms with Crippen LogP contribution >= 0.6 is 23.2 Å². The SMILES string of the molecule is C[N+]1=C(C=CC2=C(OC(=O)CCCc3ccc(N(CCCl)CCCl)cc3)C(=CC=C3N(CCCCCC(=O)O)c4ccccc4C3(C)C)CCC2)C(C)(C)c2ccccc21. The Morgan fingerprint density at radius 1 is 0.817 bits per heavy atom.